The molecule has 4 aromatic rings. The maximum absolute atomic E-state index is 4.54. The Bertz CT molecular complexity index is 948. The highest BCUT2D eigenvalue weighted by molar-refractivity contribution is 5.94. The normalized spacial score (nSPS) is 11.2. The summed E-state index contributed by atoms with van der Waals surface area (Å²) in [6.45, 7) is 3.97. The molecule has 3 aromatic heterocycles. The van der Waals surface area contributed by atoms with E-state index in [4.69, 9.17) is 0 Å². The lowest BCUT2D eigenvalue weighted by molar-refractivity contribution is 0.777. The van der Waals surface area contributed by atoms with E-state index in [1.54, 1.807) is 10.9 Å². The highest BCUT2D eigenvalue weighted by Crippen LogP contribution is 2.32. The second-order valence-electron chi connectivity index (χ2n) is 5.05. The molecule has 1 aromatic carbocycles. The molecule has 0 bridgehead atoms. The predicted octanol–water partition coefficient (Wildman–Crippen LogP) is 2.22. The van der Waals surface area contributed by atoms with Gasteiger partial charge >= 0.3 is 0 Å². The molecule has 22 heavy (non-hydrogen) atoms. The Morgan fingerprint density at radius 2 is 1.95 bits per heavy atom. The van der Waals surface area contributed by atoms with E-state index in [2.05, 4.69) is 48.9 Å². The van der Waals surface area contributed by atoms with Crippen LogP contribution in [0.2, 0.25) is 0 Å². The molecule has 7 heteroatoms. The first kappa shape index (κ1) is 12.6. The fraction of sp³-hybridized carbons (Fsp3) is 0.133. The number of rotatable bonds is 2. The van der Waals surface area contributed by atoms with E-state index in [-0.39, 0.29) is 0 Å². The van der Waals surface area contributed by atoms with Crippen LogP contribution >= 0.6 is 0 Å². The zero-order valence-electron chi connectivity index (χ0n) is 12.1. The first-order chi connectivity index (χ1) is 10.8. The van der Waals surface area contributed by atoms with E-state index in [0.717, 1.165) is 33.4 Å². The first-order valence-corrected chi connectivity index (χ1v) is 6.90. The van der Waals surface area contributed by atoms with Crippen LogP contribution in [0, 0.1) is 13.8 Å². The van der Waals surface area contributed by atoms with Gasteiger partial charge in [-0.05, 0) is 25.1 Å². The number of pyridine rings is 1. The van der Waals surface area contributed by atoms with Crippen molar-refractivity contribution in [3.8, 4) is 17.1 Å². The molecule has 0 radical (unpaired) electrons. The standard InChI is InChI=1S/C15H13N7/c1-9-13(10(2)22(19-9)15-17-20-21-18-15)12-7-3-5-11-6-4-8-16-14(11)12/h3-8H,1-2H3,(H,17,18,20,21). The summed E-state index contributed by atoms with van der Waals surface area (Å²) in [4.78, 5) is 4.52. The largest absolute Gasteiger partial charge is 0.290 e. The van der Waals surface area contributed by atoms with Crippen molar-refractivity contribution < 1.29 is 0 Å². The minimum absolute atomic E-state index is 0.431. The third kappa shape index (κ3) is 1.79. The molecule has 0 atom stereocenters. The second-order valence-corrected chi connectivity index (χ2v) is 5.05. The molecule has 0 amide bonds. The Morgan fingerprint density at radius 1 is 1.09 bits per heavy atom. The maximum atomic E-state index is 4.54. The predicted molar refractivity (Wildman–Crippen MR) is 81.5 cm³/mol. The van der Waals surface area contributed by atoms with Crippen molar-refractivity contribution in [3.63, 3.8) is 0 Å². The highest BCUT2D eigenvalue weighted by Gasteiger charge is 2.18. The van der Waals surface area contributed by atoms with E-state index in [1.165, 1.54) is 0 Å². The van der Waals surface area contributed by atoms with Gasteiger partial charge in [0.25, 0.3) is 5.95 Å². The van der Waals surface area contributed by atoms with Crippen molar-refractivity contribution >= 4 is 10.9 Å². The smallest absolute Gasteiger partial charge is 0.256 e. The summed E-state index contributed by atoms with van der Waals surface area (Å²) in [5, 5.41) is 19.7. The van der Waals surface area contributed by atoms with Crippen LogP contribution in [0.4, 0.5) is 0 Å². The van der Waals surface area contributed by atoms with E-state index in [9.17, 15) is 0 Å². The van der Waals surface area contributed by atoms with Crippen LogP contribution in [0.25, 0.3) is 28.0 Å². The summed E-state index contributed by atoms with van der Waals surface area (Å²) < 4.78 is 1.69. The van der Waals surface area contributed by atoms with Gasteiger partial charge < -0.3 is 0 Å². The van der Waals surface area contributed by atoms with Gasteiger partial charge in [-0.25, -0.2) is 0 Å². The van der Waals surface area contributed by atoms with Crippen molar-refractivity contribution in [3.05, 3.63) is 47.9 Å². The van der Waals surface area contributed by atoms with E-state index in [1.807, 2.05) is 26.0 Å². The number of hydrogen-bond acceptors (Lipinski definition) is 5. The average molecular weight is 291 g/mol. The fourth-order valence-electron chi connectivity index (χ4n) is 2.78. The number of para-hydroxylation sites is 1. The van der Waals surface area contributed by atoms with Gasteiger partial charge in [0, 0.05) is 22.7 Å². The summed E-state index contributed by atoms with van der Waals surface area (Å²) in [7, 11) is 0. The van der Waals surface area contributed by atoms with Gasteiger partial charge in [-0.15, -0.1) is 5.10 Å². The number of tetrazole rings is 1. The molecule has 0 spiro atoms. The Balaban J connectivity index is 2.00. The Labute approximate surface area is 126 Å². The van der Waals surface area contributed by atoms with E-state index >= 15 is 0 Å². The van der Waals surface area contributed by atoms with E-state index < -0.39 is 0 Å². The van der Waals surface area contributed by atoms with Crippen molar-refractivity contribution in [1.29, 1.82) is 0 Å². The molecule has 0 fully saturated rings. The van der Waals surface area contributed by atoms with Gasteiger partial charge in [0.05, 0.1) is 16.9 Å². The molecule has 4 rings (SSSR count). The molecule has 0 saturated heterocycles. The van der Waals surface area contributed by atoms with Crippen LogP contribution in [-0.2, 0) is 0 Å². The summed E-state index contributed by atoms with van der Waals surface area (Å²) in [5.41, 5.74) is 4.93. The summed E-state index contributed by atoms with van der Waals surface area (Å²) in [6.07, 6.45) is 1.81. The Hall–Kier alpha value is -3.09. The summed E-state index contributed by atoms with van der Waals surface area (Å²) >= 11 is 0. The van der Waals surface area contributed by atoms with Crippen LogP contribution in [0.3, 0.4) is 0 Å². The number of benzene rings is 1. The Kier molecular flexibility index (Phi) is 2.72. The van der Waals surface area contributed by atoms with Crippen LogP contribution in [0.1, 0.15) is 11.4 Å². The van der Waals surface area contributed by atoms with Gasteiger partial charge in [-0.2, -0.15) is 15.0 Å². The lowest BCUT2D eigenvalue weighted by atomic mass is 10.0. The number of hydrogen-bond donors (Lipinski definition) is 1. The third-order valence-corrected chi connectivity index (χ3v) is 3.72. The van der Waals surface area contributed by atoms with Gasteiger partial charge in [0.2, 0.25) is 0 Å². The molecular weight excluding hydrogens is 278 g/mol. The molecular formula is C15H13N7. The zero-order valence-corrected chi connectivity index (χ0v) is 12.1. The van der Waals surface area contributed by atoms with Crippen LogP contribution < -0.4 is 0 Å². The van der Waals surface area contributed by atoms with E-state index in [0.29, 0.717) is 5.95 Å². The summed E-state index contributed by atoms with van der Waals surface area (Å²) in [6, 6.07) is 10.1. The van der Waals surface area contributed by atoms with Crippen LogP contribution in [0.5, 0.6) is 0 Å². The molecule has 0 aliphatic carbocycles. The molecule has 108 valence electrons. The molecule has 0 unspecified atom stereocenters. The zero-order chi connectivity index (χ0) is 15.1. The lowest BCUT2D eigenvalue weighted by Crippen LogP contribution is -2.01. The molecule has 0 saturated carbocycles. The van der Waals surface area contributed by atoms with Crippen molar-refractivity contribution in [2.75, 3.05) is 0 Å². The van der Waals surface area contributed by atoms with Crippen LogP contribution in [0.15, 0.2) is 36.5 Å². The number of aromatic amines is 1. The molecule has 1 N–H and O–H groups in total. The fourth-order valence-corrected chi connectivity index (χ4v) is 2.78. The SMILES string of the molecule is Cc1nn(-c2nn[nH]n2)c(C)c1-c1cccc2cccnc12. The maximum Gasteiger partial charge on any atom is 0.290 e. The number of nitrogens with one attached hydrogen (secondary N) is 1. The number of nitrogens with zero attached hydrogens (tertiary/aromatic N) is 6. The molecule has 7 nitrogen and oxygen atoms in total. The minimum Gasteiger partial charge on any atom is -0.256 e. The van der Waals surface area contributed by atoms with Crippen molar-refractivity contribution in [2.45, 2.75) is 13.8 Å². The quantitative estimate of drug-likeness (QED) is 0.612. The average Bonchev–Trinajstić information content (AvgIpc) is 3.15. The molecule has 0 aliphatic heterocycles. The minimum atomic E-state index is 0.431. The summed E-state index contributed by atoms with van der Waals surface area (Å²) in [5.74, 6) is 0.431. The second kappa shape index (κ2) is 4.73. The van der Waals surface area contributed by atoms with Gasteiger partial charge in [0.1, 0.15) is 0 Å². The number of fused-ring (bicyclic) bond motifs is 1. The Morgan fingerprint density at radius 3 is 2.77 bits per heavy atom. The molecule has 3 heterocycles. The topological polar surface area (TPSA) is 85.2 Å². The van der Waals surface area contributed by atoms with Gasteiger partial charge in [-0.1, -0.05) is 29.4 Å². The van der Waals surface area contributed by atoms with Gasteiger partial charge in [0.15, 0.2) is 0 Å². The number of H-pyrrole nitrogens is 1. The monoisotopic (exact) mass is 291 g/mol. The van der Waals surface area contributed by atoms with Crippen molar-refractivity contribution in [1.82, 2.24) is 35.4 Å². The number of aromatic nitrogens is 7. The van der Waals surface area contributed by atoms with Gasteiger partial charge in [-0.3, -0.25) is 4.98 Å². The molecule has 0 aliphatic rings. The first-order valence-electron chi connectivity index (χ1n) is 6.90. The van der Waals surface area contributed by atoms with Crippen LogP contribution in [-0.4, -0.2) is 35.4 Å². The highest BCUT2D eigenvalue weighted by atomic mass is 15.5. The lowest BCUT2D eigenvalue weighted by Gasteiger charge is -2.06. The van der Waals surface area contributed by atoms with Crippen molar-refractivity contribution in [2.24, 2.45) is 0 Å². The third-order valence-electron chi connectivity index (χ3n) is 3.72. The number of aryl methyl sites for hydroxylation is 1.